The Balaban J connectivity index is 2.09. The average Bonchev–Trinajstić information content (AvgIpc) is 2.84. The van der Waals surface area contributed by atoms with E-state index >= 15 is 0 Å². The molecule has 18 heavy (non-hydrogen) atoms. The van der Waals surface area contributed by atoms with Crippen molar-refractivity contribution in [1.29, 1.82) is 5.26 Å². The topological polar surface area (TPSA) is 35.8 Å². The molecule has 0 aliphatic heterocycles. The van der Waals surface area contributed by atoms with Crippen LogP contribution in [-0.2, 0) is 13.0 Å². The third kappa shape index (κ3) is 2.69. The number of nitrogens with one attached hydrogen (secondary N) is 1. The monoisotopic (exact) mass is 260 g/mol. The Morgan fingerprint density at radius 2 is 2.22 bits per heavy atom. The standard InChI is InChI=1S/C14H13FN2S/c1-2-11-5-6-18-14(11)9-17-13-4-3-10(8-16)7-12(13)15/h3-7,17H,2,9H2,1H3. The number of benzene rings is 1. The molecule has 92 valence electrons. The maximum absolute atomic E-state index is 13.6. The minimum atomic E-state index is -0.386. The molecule has 0 saturated heterocycles. The number of halogens is 1. The zero-order valence-corrected chi connectivity index (χ0v) is 10.9. The summed E-state index contributed by atoms with van der Waals surface area (Å²) < 4.78 is 13.6. The van der Waals surface area contributed by atoms with Gasteiger partial charge in [-0.05, 0) is 41.6 Å². The second-order valence-electron chi connectivity index (χ2n) is 3.88. The summed E-state index contributed by atoms with van der Waals surface area (Å²) in [7, 11) is 0. The van der Waals surface area contributed by atoms with Gasteiger partial charge in [-0.2, -0.15) is 5.26 Å². The number of aryl methyl sites for hydroxylation is 1. The van der Waals surface area contributed by atoms with Gasteiger partial charge in [-0.15, -0.1) is 11.3 Å². The molecular formula is C14H13FN2S. The van der Waals surface area contributed by atoms with Gasteiger partial charge in [0.1, 0.15) is 5.82 Å². The van der Waals surface area contributed by atoms with Gasteiger partial charge in [-0.1, -0.05) is 6.92 Å². The molecule has 0 unspecified atom stereocenters. The third-order valence-corrected chi connectivity index (χ3v) is 3.72. The van der Waals surface area contributed by atoms with E-state index in [-0.39, 0.29) is 5.82 Å². The summed E-state index contributed by atoms with van der Waals surface area (Å²) in [5.41, 5.74) is 2.06. The molecule has 0 bridgehead atoms. The Bertz CT molecular complexity index is 584. The van der Waals surface area contributed by atoms with E-state index in [1.165, 1.54) is 16.5 Å². The highest BCUT2D eigenvalue weighted by Gasteiger charge is 2.06. The van der Waals surface area contributed by atoms with Crippen LogP contribution >= 0.6 is 11.3 Å². The average molecular weight is 260 g/mol. The molecule has 2 nitrogen and oxygen atoms in total. The van der Waals surface area contributed by atoms with Crippen LogP contribution in [0.15, 0.2) is 29.6 Å². The van der Waals surface area contributed by atoms with Gasteiger partial charge in [0, 0.05) is 11.4 Å². The van der Waals surface area contributed by atoms with Crippen molar-refractivity contribution in [3.8, 4) is 6.07 Å². The Kier molecular flexibility index (Phi) is 3.96. The lowest BCUT2D eigenvalue weighted by Crippen LogP contribution is -2.01. The fraction of sp³-hybridized carbons (Fsp3) is 0.214. The number of thiophene rings is 1. The van der Waals surface area contributed by atoms with Crippen LogP contribution in [0.4, 0.5) is 10.1 Å². The van der Waals surface area contributed by atoms with Crippen molar-refractivity contribution in [3.05, 3.63) is 51.5 Å². The van der Waals surface area contributed by atoms with Crippen molar-refractivity contribution >= 4 is 17.0 Å². The number of nitrogens with zero attached hydrogens (tertiary/aromatic N) is 1. The van der Waals surface area contributed by atoms with Crippen LogP contribution in [0.1, 0.15) is 22.9 Å². The van der Waals surface area contributed by atoms with E-state index in [1.807, 2.05) is 11.4 Å². The Labute approximate surface area is 110 Å². The van der Waals surface area contributed by atoms with Crippen molar-refractivity contribution in [1.82, 2.24) is 0 Å². The third-order valence-electron chi connectivity index (χ3n) is 2.76. The number of nitriles is 1. The first kappa shape index (κ1) is 12.6. The summed E-state index contributed by atoms with van der Waals surface area (Å²) >= 11 is 1.67. The predicted octanol–water partition coefficient (Wildman–Crippen LogP) is 3.93. The first-order chi connectivity index (χ1) is 8.74. The number of anilines is 1. The molecule has 0 aliphatic carbocycles. The first-order valence-corrected chi connectivity index (χ1v) is 6.61. The van der Waals surface area contributed by atoms with Gasteiger partial charge < -0.3 is 5.32 Å². The van der Waals surface area contributed by atoms with Gasteiger partial charge in [-0.3, -0.25) is 0 Å². The van der Waals surface area contributed by atoms with Crippen LogP contribution in [0.2, 0.25) is 0 Å². The van der Waals surface area contributed by atoms with Crippen LogP contribution < -0.4 is 5.32 Å². The minimum absolute atomic E-state index is 0.337. The fourth-order valence-electron chi connectivity index (χ4n) is 1.74. The zero-order valence-electron chi connectivity index (χ0n) is 10.0. The largest absolute Gasteiger partial charge is 0.378 e. The van der Waals surface area contributed by atoms with Crippen LogP contribution in [0.3, 0.4) is 0 Å². The van der Waals surface area contributed by atoms with E-state index < -0.39 is 0 Å². The minimum Gasteiger partial charge on any atom is -0.378 e. The second kappa shape index (κ2) is 5.65. The second-order valence-corrected chi connectivity index (χ2v) is 4.88. The molecule has 2 rings (SSSR count). The zero-order chi connectivity index (χ0) is 13.0. The highest BCUT2D eigenvalue weighted by atomic mass is 32.1. The molecule has 0 saturated carbocycles. The molecule has 0 atom stereocenters. The predicted molar refractivity (Wildman–Crippen MR) is 72.1 cm³/mol. The molecule has 4 heteroatoms. The van der Waals surface area contributed by atoms with Gasteiger partial charge in [0.15, 0.2) is 0 Å². The quantitative estimate of drug-likeness (QED) is 0.904. The summed E-state index contributed by atoms with van der Waals surface area (Å²) in [5, 5.41) is 13.8. The highest BCUT2D eigenvalue weighted by Crippen LogP contribution is 2.21. The molecule has 1 aromatic carbocycles. The molecule has 0 fully saturated rings. The molecular weight excluding hydrogens is 247 g/mol. The number of hydrogen-bond acceptors (Lipinski definition) is 3. The van der Waals surface area contributed by atoms with Crippen molar-refractivity contribution in [2.75, 3.05) is 5.32 Å². The normalized spacial score (nSPS) is 10.1. The number of rotatable bonds is 4. The molecule has 1 aromatic heterocycles. The van der Waals surface area contributed by atoms with Crippen molar-refractivity contribution in [2.45, 2.75) is 19.9 Å². The SMILES string of the molecule is CCc1ccsc1CNc1ccc(C#N)cc1F. The molecule has 0 amide bonds. The fourth-order valence-corrected chi connectivity index (χ4v) is 2.66. The molecule has 2 aromatic rings. The van der Waals surface area contributed by atoms with Gasteiger partial charge in [-0.25, -0.2) is 4.39 Å². The van der Waals surface area contributed by atoms with E-state index in [0.717, 1.165) is 6.42 Å². The molecule has 1 heterocycles. The summed E-state index contributed by atoms with van der Waals surface area (Å²) in [6.07, 6.45) is 0.983. The summed E-state index contributed by atoms with van der Waals surface area (Å²) in [6, 6.07) is 8.47. The summed E-state index contributed by atoms with van der Waals surface area (Å²) in [5.74, 6) is -0.386. The van der Waals surface area contributed by atoms with Crippen LogP contribution in [0, 0.1) is 17.1 Å². The first-order valence-electron chi connectivity index (χ1n) is 5.73. The lowest BCUT2D eigenvalue weighted by Gasteiger charge is -2.07. The Hall–Kier alpha value is -1.86. The van der Waals surface area contributed by atoms with Crippen molar-refractivity contribution < 1.29 is 4.39 Å². The van der Waals surface area contributed by atoms with Gasteiger partial charge in [0.2, 0.25) is 0 Å². The Morgan fingerprint density at radius 3 is 2.89 bits per heavy atom. The van der Waals surface area contributed by atoms with Gasteiger partial charge in [0.05, 0.1) is 17.3 Å². The maximum Gasteiger partial charge on any atom is 0.147 e. The van der Waals surface area contributed by atoms with Crippen LogP contribution in [0.25, 0.3) is 0 Å². The summed E-state index contributed by atoms with van der Waals surface area (Å²) in [4.78, 5) is 1.22. The van der Waals surface area contributed by atoms with E-state index in [0.29, 0.717) is 17.8 Å². The highest BCUT2D eigenvalue weighted by molar-refractivity contribution is 7.10. The lowest BCUT2D eigenvalue weighted by atomic mass is 10.2. The van der Waals surface area contributed by atoms with Crippen LogP contribution in [-0.4, -0.2) is 0 Å². The van der Waals surface area contributed by atoms with Crippen molar-refractivity contribution in [3.63, 3.8) is 0 Å². The van der Waals surface area contributed by atoms with Gasteiger partial charge >= 0.3 is 0 Å². The van der Waals surface area contributed by atoms with E-state index in [4.69, 9.17) is 5.26 Å². The van der Waals surface area contributed by atoms with Crippen LogP contribution in [0.5, 0.6) is 0 Å². The lowest BCUT2D eigenvalue weighted by molar-refractivity contribution is 0.629. The maximum atomic E-state index is 13.6. The molecule has 1 N–H and O–H groups in total. The smallest absolute Gasteiger partial charge is 0.147 e. The van der Waals surface area contributed by atoms with E-state index in [1.54, 1.807) is 23.5 Å². The van der Waals surface area contributed by atoms with Gasteiger partial charge in [0.25, 0.3) is 0 Å². The van der Waals surface area contributed by atoms with E-state index in [2.05, 4.69) is 18.3 Å². The van der Waals surface area contributed by atoms with Crippen molar-refractivity contribution in [2.24, 2.45) is 0 Å². The molecule has 0 radical (unpaired) electrons. The summed E-state index contributed by atoms with van der Waals surface area (Å²) in [6.45, 7) is 2.72. The Morgan fingerprint density at radius 1 is 1.39 bits per heavy atom. The van der Waals surface area contributed by atoms with E-state index in [9.17, 15) is 4.39 Å². The molecule has 0 spiro atoms. The molecule has 0 aliphatic rings. The number of hydrogen-bond donors (Lipinski definition) is 1.